The predicted octanol–water partition coefficient (Wildman–Crippen LogP) is 2.77. The largest absolute Gasteiger partial charge is 0.376 e. The van der Waals surface area contributed by atoms with Gasteiger partial charge in [0, 0.05) is 30.5 Å². The van der Waals surface area contributed by atoms with Crippen molar-refractivity contribution in [3.63, 3.8) is 0 Å². The van der Waals surface area contributed by atoms with Crippen LogP contribution in [0.15, 0.2) is 17.5 Å². The molecule has 2 atom stereocenters. The first kappa shape index (κ1) is 16.5. The van der Waals surface area contributed by atoms with Crippen LogP contribution in [0, 0.1) is 0 Å². The number of thiophene rings is 1. The van der Waals surface area contributed by atoms with Crippen molar-refractivity contribution in [1.82, 2.24) is 4.90 Å². The topological polar surface area (TPSA) is 55.6 Å². The summed E-state index contributed by atoms with van der Waals surface area (Å²) in [6, 6.07) is 4.07. The summed E-state index contributed by atoms with van der Waals surface area (Å²) in [5.74, 6) is 0.153. The molecule has 1 amide bonds. The molecule has 21 heavy (non-hydrogen) atoms. The maximum Gasteiger partial charge on any atom is 0.224 e. The van der Waals surface area contributed by atoms with Crippen LogP contribution in [0.5, 0.6) is 0 Å². The normalized spacial score (nSPS) is 19.6. The highest BCUT2D eigenvalue weighted by Crippen LogP contribution is 2.18. The van der Waals surface area contributed by atoms with Crippen LogP contribution in [0.3, 0.4) is 0 Å². The van der Waals surface area contributed by atoms with Gasteiger partial charge in [-0.05, 0) is 30.7 Å². The molecule has 2 heterocycles. The van der Waals surface area contributed by atoms with E-state index in [0.717, 1.165) is 32.3 Å². The second kappa shape index (κ2) is 8.51. The molecule has 118 valence electrons. The lowest BCUT2D eigenvalue weighted by atomic mass is 10.1. The van der Waals surface area contributed by atoms with E-state index in [-0.39, 0.29) is 18.1 Å². The van der Waals surface area contributed by atoms with Gasteiger partial charge < -0.3 is 15.4 Å². The Morgan fingerprint density at radius 3 is 3.10 bits per heavy atom. The minimum Gasteiger partial charge on any atom is -0.376 e. The lowest BCUT2D eigenvalue weighted by Crippen LogP contribution is -2.39. The Balaban J connectivity index is 1.94. The van der Waals surface area contributed by atoms with E-state index >= 15 is 0 Å². The van der Waals surface area contributed by atoms with Crippen LogP contribution in [0.1, 0.15) is 43.9 Å². The minimum atomic E-state index is -0.0298. The lowest BCUT2D eigenvalue weighted by Gasteiger charge is -2.26. The Hall–Kier alpha value is -0.910. The Bertz CT molecular complexity index is 416. The second-order valence-corrected chi connectivity index (χ2v) is 6.77. The molecule has 4 nitrogen and oxygen atoms in total. The molecule has 1 saturated heterocycles. The Morgan fingerprint density at radius 1 is 1.62 bits per heavy atom. The molecule has 2 N–H and O–H groups in total. The number of hydrogen-bond acceptors (Lipinski definition) is 4. The zero-order valence-electron chi connectivity index (χ0n) is 12.8. The zero-order chi connectivity index (χ0) is 15.1. The van der Waals surface area contributed by atoms with Crippen LogP contribution in [-0.4, -0.2) is 36.1 Å². The van der Waals surface area contributed by atoms with Crippen LogP contribution in [0.4, 0.5) is 0 Å². The molecule has 0 aliphatic carbocycles. The first-order valence-corrected chi connectivity index (χ1v) is 8.74. The smallest absolute Gasteiger partial charge is 0.224 e. The predicted molar refractivity (Wildman–Crippen MR) is 86.2 cm³/mol. The van der Waals surface area contributed by atoms with Crippen molar-refractivity contribution in [2.45, 2.75) is 57.7 Å². The maximum atomic E-state index is 12.5. The summed E-state index contributed by atoms with van der Waals surface area (Å²) in [4.78, 5) is 15.7. The summed E-state index contributed by atoms with van der Waals surface area (Å²) in [6.07, 6.45) is 4.70. The standard InChI is InChI=1S/C16H26N2O2S/c1-2-5-13(17)10-16(19)18(11-14-6-3-8-20-14)12-15-7-4-9-21-15/h4,7,9,13-14H,2-3,5-6,8,10-12,17H2,1H3. The number of rotatable bonds is 8. The maximum absolute atomic E-state index is 12.5. The molecule has 0 spiro atoms. The fourth-order valence-corrected chi connectivity index (χ4v) is 3.43. The van der Waals surface area contributed by atoms with E-state index in [1.54, 1.807) is 11.3 Å². The molecule has 1 aliphatic heterocycles. The van der Waals surface area contributed by atoms with Gasteiger partial charge in [0.15, 0.2) is 0 Å². The average molecular weight is 310 g/mol. The van der Waals surface area contributed by atoms with Gasteiger partial charge in [-0.15, -0.1) is 11.3 Å². The molecular formula is C16H26N2O2S. The van der Waals surface area contributed by atoms with Gasteiger partial charge in [-0.3, -0.25) is 4.79 Å². The first-order valence-electron chi connectivity index (χ1n) is 7.86. The minimum absolute atomic E-state index is 0.0298. The van der Waals surface area contributed by atoms with Crippen LogP contribution in [-0.2, 0) is 16.1 Å². The molecule has 2 rings (SSSR count). The van der Waals surface area contributed by atoms with Crippen LogP contribution in [0.25, 0.3) is 0 Å². The summed E-state index contributed by atoms with van der Waals surface area (Å²) >= 11 is 1.69. The SMILES string of the molecule is CCCC(N)CC(=O)N(Cc1cccs1)CC1CCCO1. The van der Waals surface area contributed by atoms with E-state index in [0.29, 0.717) is 19.5 Å². The summed E-state index contributed by atoms with van der Waals surface area (Å²) in [5.41, 5.74) is 6.03. The van der Waals surface area contributed by atoms with E-state index in [1.165, 1.54) is 4.88 Å². The van der Waals surface area contributed by atoms with Crippen molar-refractivity contribution in [2.24, 2.45) is 5.73 Å². The fraction of sp³-hybridized carbons (Fsp3) is 0.688. The van der Waals surface area contributed by atoms with E-state index in [9.17, 15) is 4.79 Å². The van der Waals surface area contributed by atoms with Crippen molar-refractivity contribution < 1.29 is 9.53 Å². The van der Waals surface area contributed by atoms with Crippen molar-refractivity contribution in [3.05, 3.63) is 22.4 Å². The molecule has 0 aromatic carbocycles. The lowest BCUT2D eigenvalue weighted by molar-refractivity contribution is -0.133. The van der Waals surface area contributed by atoms with Crippen LogP contribution < -0.4 is 5.73 Å². The van der Waals surface area contributed by atoms with E-state index in [4.69, 9.17) is 10.5 Å². The number of hydrogen-bond donors (Lipinski definition) is 1. The third-order valence-electron chi connectivity index (χ3n) is 3.82. The molecule has 1 aliphatic rings. The number of ether oxygens (including phenoxy) is 1. The number of amides is 1. The summed E-state index contributed by atoms with van der Waals surface area (Å²) < 4.78 is 5.68. The van der Waals surface area contributed by atoms with Crippen molar-refractivity contribution in [1.29, 1.82) is 0 Å². The van der Waals surface area contributed by atoms with Gasteiger partial charge in [-0.25, -0.2) is 0 Å². The zero-order valence-corrected chi connectivity index (χ0v) is 13.6. The number of carbonyl (C=O) groups is 1. The van der Waals surface area contributed by atoms with E-state index in [1.807, 2.05) is 16.3 Å². The number of nitrogens with two attached hydrogens (primary N) is 1. The first-order chi connectivity index (χ1) is 10.2. The quantitative estimate of drug-likeness (QED) is 0.803. The Labute approximate surface area is 131 Å². The molecule has 0 radical (unpaired) electrons. The highest BCUT2D eigenvalue weighted by Gasteiger charge is 2.24. The second-order valence-electron chi connectivity index (χ2n) is 5.74. The molecule has 1 fully saturated rings. The summed E-state index contributed by atoms with van der Waals surface area (Å²) in [7, 11) is 0. The summed E-state index contributed by atoms with van der Waals surface area (Å²) in [6.45, 7) is 4.28. The van der Waals surface area contributed by atoms with E-state index in [2.05, 4.69) is 13.0 Å². The Morgan fingerprint density at radius 2 is 2.48 bits per heavy atom. The average Bonchev–Trinajstić information content (AvgIpc) is 3.11. The number of carbonyl (C=O) groups excluding carboxylic acids is 1. The van der Waals surface area contributed by atoms with Crippen LogP contribution in [0.2, 0.25) is 0 Å². The van der Waals surface area contributed by atoms with Crippen molar-refractivity contribution in [2.75, 3.05) is 13.2 Å². The summed E-state index contributed by atoms with van der Waals surface area (Å²) in [5, 5.41) is 2.05. The molecule has 0 saturated carbocycles. The third kappa shape index (κ3) is 5.41. The van der Waals surface area contributed by atoms with Crippen molar-refractivity contribution >= 4 is 17.2 Å². The highest BCUT2D eigenvalue weighted by atomic mass is 32.1. The monoisotopic (exact) mass is 310 g/mol. The van der Waals surface area contributed by atoms with Gasteiger partial charge in [0.25, 0.3) is 0 Å². The number of nitrogens with zero attached hydrogens (tertiary/aromatic N) is 1. The molecule has 1 aromatic heterocycles. The third-order valence-corrected chi connectivity index (χ3v) is 4.68. The van der Waals surface area contributed by atoms with E-state index < -0.39 is 0 Å². The fourth-order valence-electron chi connectivity index (χ4n) is 2.71. The van der Waals surface area contributed by atoms with Gasteiger partial charge >= 0.3 is 0 Å². The van der Waals surface area contributed by atoms with Gasteiger partial charge in [-0.1, -0.05) is 19.4 Å². The molecule has 5 heteroatoms. The highest BCUT2D eigenvalue weighted by molar-refractivity contribution is 7.09. The van der Waals surface area contributed by atoms with Crippen LogP contribution >= 0.6 is 11.3 Å². The van der Waals surface area contributed by atoms with Gasteiger partial charge in [-0.2, -0.15) is 0 Å². The van der Waals surface area contributed by atoms with Crippen molar-refractivity contribution in [3.8, 4) is 0 Å². The molecule has 1 aromatic rings. The van der Waals surface area contributed by atoms with Gasteiger partial charge in [0.1, 0.15) is 0 Å². The van der Waals surface area contributed by atoms with Gasteiger partial charge in [0.05, 0.1) is 12.6 Å². The molecule has 2 unspecified atom stereocenters. The molecule has 0 bridgehead atoms. The molecular weight excluding hydrogens is 284 g/mol. The van der Waals surface area contributed by atoms with Gasteiger partial charge in [0.2, 0.25) is 5.91 Å². The Kier molecular flexibility index (Phi) is 6.67.